The predicted octanol–water partition coefficient (Wildman–Crippen LogP) is 4.78. The van der Waals surface area contributed by atoms with Crippen LogP contribution in [0, 0.1) is 5.82 Å². The van der Waals surface area contributed by atoms with Crippen LogP contribution in [0.3, 0.4) is 0 Å². The van der Waals surface area contributed by atoms with Gasteiger partial charge in [0.05, 0.1) is 5.60 Å². The number of halogens is 1. The van der Waals surface area contributed by atoms with Crippen molar-refractivity contribution >= 4 is 0 Å². The minimum Gasteiger partial charge on any atom is -0.389 e. The van der Waals surface area contributed by atoms with Crippen LogP contribution >= 0.6 is 0 Å². The summed E-state index contributed by atoms with van der Waals surface area (Å²) in [6.07, 6.45) is 4.32. The first-order valence-electron chi connectivity index (χ1n) is 9.54. The molecule has 0 saturated heterocycles. The van der Waals surface area contributed by atoms with Crippen molar-refractivity contribution in [3.05, 3.63) is 71.5 Å². The highest BCUT2D eigenvalue weighted by atomic mass is 19.1. The number of likely N-dealkylation sites (N-methyl/N-ethyl adjacent to an activating group) is 1. The molecule has 3 rings (SSSR count). The summed E-state index contributed by atoms with van der Waals surface area (Å²) >= 11 is 0. The van der Waals surface area contributed by atoms with Crippen molar-refractivity contribution < 1.29 is 9.50 Å². The molecule has 0 radical (unpaired) electrons. The van der Waals surface area contributed by atoms with Gasteiger partial charge in [-0.25, -0.2) is 4.39 Å². The molecule has 1 saturated carbocycles. The maximum Gasteiger partial charge on any atom is 0.123 e. The van der Waals surface area contributed by atoms with Crippen molar-refractivity contribution in [2.45, 2.75) is 56.1 Å². The van der Waals surface area contributed by atoms with E-state index in [1.54, 1.807) is 0 Å². The number of nitrogens with zero attached hydrogens (tertiary/aromatic N) is 1. The molecule has 1 N–H and O–H groups in total. The van der Waals surface area contributed by atoms with Crippen LogP contribution in [-0.2, 0) is 6.42 Å². The van der Waals surface area contributed by atoms with Gasteiger partial charge in [0.25, 0.3) is 0 Å². The molecule has 1 unspecified atom stereocenters. The first-order valence-corrected chi connectivity index (χ1v) is 9.54. The average Bonchev–Trinajstić information content (AvgIpc) is 2.65. The van der Waals surface area contributed by atoms with E-state index in [1.807, 2.05) is 30.3 Å². The number of aliphatic hydroxyl groups is 1. The molecule has 0 amide bonds. The molecule has 0 aromatic heterocycles. The first kappa shape index (κ1) is 19.1. The Kier molecular flexibility index (Phi) is 5.50. The number of hydrogen-bond acceptors (Lipinski definition) is 2. The molecule has 3 heteroatoms. The molecule has 26 heavy (non-hydrogen) atoms. The molecule has 1 aliphatic carbocycles. The highest BCUT2D eigenvalue weighted by molar-refractivity contribution is 5.24. The molecular formula is C23H30FNO. The second kappa shape index (κ2) is 7.50. The lowest BCUT2D eigenvalue weighted by Crippen LogP contribution is -2.53. The summed E-state index contributed by atoms with van der Waals surface area (Å²) in [5.41, 5.74) is 1.71. The lowest BCUT2D eigenvalue weighted by atomic mass is 9.66. The van der Waals surface area contributed by atoms with Gasteiger partial charge in [-0.05, 0) is 69.5 Å². The molecule has 2 nitrogen and oxygen atoms in total. The fraction of sp³-hybridized carbons (Fsp3) is 0.478. The van der Waals surface area contributed by atoms with Gasteiger partial charge in [0.15, 0.2) is 0 Å². The SMILES string of the molecule is CC(c1ccccc1)C1(O)CCC(Cc2ccc(F)cc2)(N(C)C)CC1. The molecule has 1 aliphatic rings. The van der Waals surface area contributed by atoms with E-state index in [2.05, 4.69) is 38.1 Å². The third-order valence-corrected chi connectivity index (χ3v) is 6.55. The Morgan fingerprint density at radius 2 is 1.54 bits per heavy atom. The molecular weight excluding hydrogens is 325 g/mol. The molecule has 1 fully saturated rings. The normalized spacial score (nSPS) is 27.5. The van der Waals surface area contributed by atoms with Crippen LogP contribution in [0.1, 0.15) is 49.7 Å². The van der Waals surface area contributed by atoms with Crippen LogP contribution in [0.2, 0.25) is 0 Å². The van der Waals surface area contributed by atoms with E-state index in [-0.39, 0.29) is 17.3 Å². The van der Waals surface area contributed by atoms with Gasteiger partial charge in [-0.15, -0.1) is 0 Å². The largest absolute Gasteiger partial charge is 0.389 e. The van der Waals surface area contributed by atoms with Crippen molar-refractivity contribution in [3.63, 3.8) is 0 Å². The summed E-state index contributed by atoms with van der Waals surface area (Å²) in [5, 5.41) is 11.3. The Morgan fingerprint density at radius 3 is 2.08 bits per heavy atom. The zero-order chi connectivity index (χ0) is 18.8. The van der Waals surface area contributed by atoms with E-state index in [1.165, 1.54) is 17.7 Å². The van der Waals surface area contributed by atoms with Crippen LogP contribution in [0.4, 0.5) is 4.39 Å². The monoisotopic (exact) mass is 355 g/mol. The van der Waals surface area contributed by atoms with Crippen molar-refractivity contribution in [2.24, 2.45) is 0 Å². The van der Waals surface area contributed by atoms with E-state index in [9.17, 15) is 9.50 Å². The summed E-state index contributed by atoms with van der Waals surface area (Å²) in [6, 6.07) is 17.1. The Balaban J connectivity index is 1.75. The van der Waals surface area contributed by atoms with Gasteiger partial charge in [0.2, 0.25) is 0 Å². The molecule has 0 spiro atoms. The Labute approximate surface area is 156 Å². The van der Waals surface area contributed by atoms with Crippen LogP contribution in [0.5, 0.6) is 0 Å². The lowest BCUT2D eigenvalue weighted by Gasteiger charge is -2.50. The summed E-state index contributed by atoms with van der Waals surface area (Å²) in [4.78, 5) is 2.29. The van der Waals surface area contributed by atoms with Crippen LogP contribution in [-0.4, -0.2) is 35.2 Å². The molecule has 0 bridgehead atoms. The smallest absolute Gasteiger partial charge is 0.123 e. The van der Waals surface area contributed by atoms with Gasteiger partial charge < -0.3 is 10.0 Å². The minimum atomic E-state index is -0.663. The van der Waals surface area contributed by atoms with Gasteiger partial charge in [-0.1, -0.05) is 49.4 Å². The van der Waals surface area contributed by atoms with Crippen LogP contribution in [0.25, 0.3) is 0 Å². The second-order valence-electron chi connectivity index (χ2n) is 8.16. The van der Waals surface area contributed by atoms with E-state index in [4.69, 9.17) is 0 Å². The number of benzene rings is 2. The Bertz CT molecular complexity index is 703. The van der Waals surface area contributed by atoms with E-state index < -0.39 is 5.60 Å². The van der Waals surface area contributed by atoms with Gasteiger partial charge >= 0.3 is 0 Å². The zero-order valence-corrected chi connectivity index (χ0v) is 16.1. The van der Waals surface area contributed by atoms with Crippen molar-refractivity contribution in [1.82, 2.24) is 4.90 Å². The molecule has 0 aliphatic heterocycles. The van der Waals surface area contributed by atoms with E-state index in [0.717, 1.165) is 37.7 Å². The quantitative estimate of drug-likeness (QED) is 0.834. The van der Waals surface area contributed by atoms with Crippen molar-refractivity contribution in [2.75, 3.05) is 14.1 Å². The van der Waals surface area contributed by atoms with Crippen molar-refractivity contribution in [3.8, 4) is 0 Å². The Morgan fingerprint density at radius 1 is 0.962 bits per heavy atom. The highest BCUT2D eigenvalue weighted by Crippen LogP contribution is 2.45. The van der Waals surface area contributed by atoms with Gasteiger partial charge in [0, 0.05) is 11.5 Å². The third-order valence-electron chi connectivity index (χ3n) is 6.55. The van der Waals surface area contributed by atoms with E-state index >= 15 is 0 Å². The summed E-state index contributed by atoms with van der Waals surface area (Å²) in [5.74, 6) is -0.0722. The Hall–Kier alpha value is -1.71. The van der Waals surface area contributed by atoms with Gasteiger partial charge in [-0.2, -0.15) is 0 Å². The topological polar surface area (TPSA) is 23.5 Å². The maximum atomic E-state index is 13.2. The second-order valence-corrected chi connectivity index (χ2v) is 8.16. The van der Waals surface area contributed by atoms with E-state index in [0.29, 0.717) is 0 Å². The summed E-state index contributed by atoms with van der Waals surface area (Å²) in [6.45, 7) is 2.14. The summed E-state index contributed by atoms with van der Waals surface area (Å²) in [7, 11) is 4.24. The van der Waals surface area contributed by atoms with Crippen molar-refractivity contribution in [1.29, 1.82) is 0 Å². The minimum absolute atomic E-state index is 0.0144. The molecule has 2 aromatic carbocycles. The standard InChI is InChI=1S/C23H30FNO/c1-18(20-7-5-4-6-8-20)23(26)15-13-22(14-16-23,25(2)3)17-19-9-11-21(24)12-10-19/h4-12,18,26H,13-17H2,1-3H3. The molecule has 140 valence electrons. The molecule has 1 atom stereocenters. The number of hydrogen-bond donors (Lipinski definition) is 1. The van der Waals surface area contributed by atoms with Crippen LogP contribution in [0.15, 0.2) is 54.6 Å². The molecule has 2 aromatic rings. The lowest BCUT2D eigenvalue weighted by molar-refractivity contribution is -0.0587. The fourth-order valence-corrected chi connectivity index (χ4v) is 4.40. The average molecular weight is 355 g/mol. The first-order chi connectivity index (χ1) is 12.3. The molecule has 0 heterocycles. The number of rotatable bonds is 5. The third kappa shape index (κ3) is 3.84. The predicted molar refractivity (Wildman–Crippen MR) is 105 cm³/mol. The fourth-order valence-electron chi connectivity index (χ4n) is 4.40. The zero-order valence-electron chi connectivity index (χ0n) is 16.1. The maximum absolute atomic E-state index is 13.2. The van der Waals surface area contributed by atoms with Gasteiger partial charge in [-0.3, -0.25) is 0 Å². The van der Waals surface area contributed by atoms with Crippen LogP contribution < -0.4 is 0 Å². The highest BCUT2D eigenvalue weighted by Gasteiger charge is 2.45. The summed E-state index contributed by atoms with van der Waals surface area (Å²) < 4.78 is 13.2. The van der Waals surface area contributed by atoms with Gasteiger partial charge in [0.1, 0.15) is 5.82 Å².